The zero-order chi connectivity index (χ0) is 16.2. The van der Waals surface area contributed by atoms with E-state index in [4.69, 9.17) is 9.47 Å². The smallest absolute Gasteiger partial charge is 0.261 e. The highest BCUT2D eigenvalue weighted by Gasteiger charge is 2.21. The second-order valence-corrected chi connectivity index (χ2v) is 6.91. The molecule has 1 unspecified atom stereocenters. The van der Waals surface area contributed by atoms with Gasteiger partial charge in [-0.05, 0) is 37.1 Å². The fourth-order valence-electron chi connectivity index (χ4n) is 2.61. The van der Waals surface area contributed by atoms with Gasteiger partial charge in [-0.3, -0.25) is 4.79 Å². The Hall–Kier alpha value is -2.01. The zero-order valence-corrected chi connectivity index (χ0v) is 14.2. The molecule has 0 aliphatic carbocycles. The fraction of sp³-hybridized carbons (Fsp3) is 0.389. The maximum Gasteiger partial charge on any atom is 0.261 e. The van der Waals surface area contributed by atoms with E-state index >= 15 is 0 Å². The molecule has 1 amide bonds. The first-order chi connectivity index (χ1) is 11.2. The third-order valence-electron chi connectivity index (χ3n) is 3.82. The number of carbonyl (C=O) groups is 1. The van der Waals surface area contributed by atoms with E-state index in [-0.39, 0.29) is 12.0 Å². The second-order valence-electron chi connectivity index (χ2n) is 5.65. The van der Waals surface area contributed by atoms with E-state index in [1.165, 1.54) is 10.4 Å². The van der Waals surface area contributed by atoms with Crippen molar-refractivity contribution in [3.63, 3.8) is 0 Å². The van der Waals surface area contributed by atoms with Crippen LogP contribution in [-0.4, -0.2) is 25.2 Å². The molecule has 2 heterocycles. The number of amides is 1. The molecule has 23 heavy (non-hydrogen) atoms. The van der Waals surface area contributed by atoms with Gasteiger partial charge in [0.1, 0.15) is 12.7 Å². The number of thiophene rings is 1. The first-order valence-corrected chi connectivity index (χ1v) is 8.75. The lowest BCUT2D eigenvalue weighted by Crippen LogP contribution is -2.40. The van der Waals surface area contributed by atoms with Gasteiger partial charge in [0.25, 0.3) is 5.91 Å². The monoisotopic (exact) mass is 331 g/mol. The van der Waals surface area contributed by atoms with Gasteiger partial charge in [0, 0.05) is 4.88 Å². The van der Waals surface area contributed by atoms with E-state index in [9.17, 15) is 4.79 Å². The number of fused-ring (bicyclic) bond motifs is 1. The predicted octanol–water partition coefficient (Wildman–Crippen LogP) is 3.58. The molecule has 1 aromatic carbocycles. The van der Waals surface area contributed by atoms with Crippen LogP contribution in [0.3, 0.4) is 0 Å². The van der Waals surface area contributed by atoms with E-state index in [0.29, 0.717) is 13.2 Å². The Kier molecular flexibility index (Phi) is 4.86. The number of hydrogen-bond donors (Lipinski definition) is 1. The van der Waals surface area contributed by atoms with Crippen molar-refractivity contribution in [2.75, 3.05) is 13.2 Å². The first-order valence-electron chi connectivity index (χ1n) is 7.93. The van der Waals surface area contributed by atoms with Crippen LogP contribution in [0.5, 0.6) is 11.5 Å². The van der Waals surface area contributed by atoms with Crippen molar-refractivity contribution in [1.29, 1.82) is 0 Å². The van der Waals surface area contributed by atoms with E-state index in [1.54, 1.807) is 11.3 Å². The number of aryl methyl sites for hydroxylation is 2. The summed E-state index contributed by atoms with van der Waals surface area (Å²) >= 11 is 1.55. The summed E-state index contributed by atoms with van der Waals surface area (Å²) in [6.45, 7) is 5.10. The van der Waals surface area contributed by atoms with Gasteiger partial charge in [0.2, 0.25) is 0 Å². The lowest BCUT2D eigenvalue weighted by molar-refractivity contribution is 0.0791. The molecule has 0 radical (unpaired) electrons. The van der Waals surface area contributed by atoms with Crippen LogP contribution in [0, 0.1) is 6.92 Å². The highest BCUT2D eigenvalue weighted by molar-refractivity contribution is 7.14. The summed E-state index contributed by atoms with van der Waals surface area (Å²) in [4.78, 5) is 14.3. The van der Waals surface area contributed by atoms with Crippen LogP contribution in [0.4, 0.5) is 0 Å². The molecule has 1 aliphatic rings. The van der Waals surface area contributed by atoms with E-state index in [2.05, 4.69) is 19.2 Å². The Labute approximate surface area is 140 Å². The average Bonchev–Trinajstić information content (AvgIpc) is 2.94. The summed E-state index contributed by atoms with van der Waals surface area (Å²) in [6.07, 6.45) is 1.95. The van der Waals surface area contributed by atoms with E-state index in [1.807, 2.05) is 30.3 Å². The molecule has 0 saturated carbocycles. The summed E-state index contributed by atoms with van der Waals surface area (Å²) in [5.41, 5.74) is 1.27. The third kappa shape index (κ3) is 3.67. The molecule has 5 heteroatoms. The zero-order valence-electron chi connectivity index (χ0n) is 13.4. The molecule has 1 N–H and O–H groups in total. The van der Waals surface area contributed by atoms with Gasteiger partial charge in [0.15, 0.2) is 11.5 Å². The van der Waals surface area contributed by atoms with Crippen molar-refractivity contribution in [3.8, 4) is 11.5 Å². The summed E-state index contributed by atoms with van der Waals surface area (Å²) in [7, 11) is 0. The number of para-hydroxylation sites is 2. The van der Waals surface area contributed by atoms with Crippen LogP contribution < -0.4 is 14.8 Å². The third-order valence-corrected chi connectivity index (χ3v) is 4.91. The topological polar surface area (TPSA) is 47.6 Å². The normalized spacial score (nSPS) is 16.2. The van der Waals surface area contributed by atoms with Gasteiger partial charge in [-0.1, -0.05) is 25.5 Å². The number of benzene rings is 1. The molecule has 122 valence electrons. The van der Waals surface area contributed by atoms with Gasteiger partial charge < -0.3 is 14.8 Å². The molecule has 1 atom stereocenters. The minimum absolute atomic E-state index is 0.0390. The van der Waals surface area contributed by atoms with Crippen molar-refractivity contribution >= 4 is 17.2 Å². The average molecular weight is 331 g/mol. The molecule has 3 rings (SSSR count). The molecule has 0 fully saturated rings. The van der Waals surface area contributed by atoms with E-state index in [0.717, 1.165) is 29.2 Å². The van der Waals surface area contributed by atoms with Gasteiger partial charge in [-0.15, -0.1) is 11.3 Å². The Morgan fingerprint density at radius 1 is 1.35 bits per heavy atom. The minimum Gasteiger partial charge on any atom is -0.486 e. The van der Waals surface area contributed by atoms with Crippen molar-refractivity contribution in [2.24, 2.45) is 0 Å². The lowest BCUT2D eigenvalue weighted by atomic mass is 10.1. The van der Waals surface area contributed by atoms with Crippen molar-refractivity contribution in [3.05, 3.63) is 45.6 Å². The summed E-state index contributed by atoms with van der Waals surface area (Å²) in [5, 5.41) is 2.95. The van der Waals surface area contributed by atoms with Crippen LogP contribution in [0.1, 0.15) is 33.5 Å². The van der Waals surface area contributed by atoms with Crippen molar-refractivity contribution in [2.45, 2.75) is 32.8 Å². The standard InChI is InChI=1S/C18H21NO3S/c1-3-6-13-9-17(23-12(13)2)18(20)19-10-14-11-21-15-7-4-5-8-16(15)22-14/h4-5,7-9,14H,3,6,10-11H2,1-2H3,(H,19,20). The molecule has 0 saturated heterocycles. The highest BCUT2D eigenvalue weighted by Crippen LogP contribution is 2.30. The van der Waals surface area contributed by atoms with Crippen molar-refractivity contribution < 1.29 is 14.3 Å². The molecular weight excluding hydrogens is 310 g/mol. The van der Waals surface area contributed by atoms with Gasteiger partial charge in [0.05, 0.1) is 11.4 Å². The van der Waals surface area contributed by atoms with Gasteiger partial charge in [-0.25, -0.2) is 0 Å². The van der Waals surface area contributed by atoms with Crippen molar-refractivity contribution in [1.82, 2.24) is 5.32 Å². The molecule has 1 aromatic heterocycles. The van der Waals surface area contributed by atoms with Crippen LogP contribution in [0.25, 0.3) is 0 Å². The highest BCUT2D eigenvalue weighted by atomic mass is 32.1. The van der Waals surface area contributed by atoms with Gasteiger partial charge >= 0.3 is 0 Å². The largest absolute Gasteiger partial charge is 0.486 e. The number of ether oxygens (including phenoxy) is 2. The fourth-order valence-corrected chi connectivity index (χ4v) is 3.59. The number of rotatable bonds is 5. The molecule has 0 spiro atoms. The SMILES string of the molecule is CCCc1cc(C(=O)NCC2COc3ccccc3O2)sc1C. The predicted molar refractivity (Wildman–Crippen MR) is 91.7 cm³/mol. The van der Waals surface area contributed by atoms with Crippen LogP contribution in [-0.2, 0) is 6.42 Å². The number of carbonyl (C=O) groups excluding carboxylic acids is 1. The first kappa shape index (κ1) is 15.9. The maximum atomic E-state index is 12.3. The summed E-state index contributed by atoms with van der Waals surface area (Å²) in [5.74, 6) is 1.45. The van der Waals surface area contributed by atoms with Crippen LogP contribution >= 0.6 is 11.3 Å². The minimum atomic E-state index is -0.162. The van der Waals surface area contributed by atoms with E-state index < -0.39 is 0 Å². The Morgan fingerprint density at radius 2 is 2.13 bits per heavy atom. The molecule has 2 aromatic rings. The molecule has 0 bridgehead atoms. The molecule has 1 aliphatic heterocycles. The Morgan fingerprint density at radius 3 is 2.91 bits per heavy atom. The Balaban J connectivity index is 1.56. The van der Waals surface area contributed by atoms with Crippen LogP contribution in [0.2, 0.25) is 0 Å². The lowest BCUT2D eigenvalue weighted by Gasteiger charge is -2.26. The maximum absolute atomic E-state index is 12.3. The Bertz CT molecular complexity index is 695. The number of hydrogen-bond acceptors (Lipinski definition) is 4. The summed E-state index contributed by atoms with van der Waals surface area (Å²) < 4.78 is 11.5. The quantitative estimate of drug-likeness (QED) is 0.911. The number of nitrogens with one attached hydrogen (secondary N) is 1. The summed E-state index contributed by atoms with van der Waals surface area (Å²) in [6, 6.07) is 9.59. The second kappa shape index (κ2) is 7.04. The molecule has 4 nitrogen and oxygen atoms in total. The van der Waals surface area contributed by atoms with Gasteiger partial charge in [-0.2, -0.15) is 0 Å². The molecular formula is C18H21NO3S. The van der Waals surface area contributed by atoms with Crippen LogP contribution in [0.15, 0.2) is 30.3 Å².